The first-order valence-corrected chi connectivity index (χ1v) is 8.55. The van der Waals surface area contributed by atoms with Gasteiger partial charge in [-0.15, -0.1) is 0 Å². The summed E-state index contributed by atoms with van der Waals surface area (Å²) in [6.07, 6.45) is 3.54. The molecule has 26 heavy (non-hydrogen) atoms. The van der Waals surface area contributed by atoms with Gasteiger partial charge in [0.25, 0.3) is 11.5 Å². The first-order valence-electron chi connectivity index (χ1n) is 8.55. The van der Waals surface area contributed by atoms with Crippen LogP contribution in [-0.2, 0) is 0 Å². The second kappa shape index (κ2) is 6.29. The molecule has 1 heterocycles. The van der Waals surface area contributed by atoms with E-state index < -0.39 is 0 Å². The van der Waals surface area contributed by atoms with Crippen molar-refractivity contribution < 1.29 is 9.53 Å². The van der Waals surface area contributed by atoms with Crippen molar-refractivity contribution in [1.82, 2.24) is 14.9 Å². The summed E-state index contributed by atoms with van der Waals surface area (Å²) in [4.78, 5) is 29.7. The predicted molar refractivity (Wildman–Crippen MR) is 99.1 cm³/mol. The number of hydrogen-bond acceptors (Lipinski definition) is 4. The number of amides is 1. The molecule has 132 valence electrons. The second-order valence-corrected chi connectivity index (χ2v) is 6.53. The van der Waals surface area contributed by atoms with Gasteiger partial charge in [0, 0.05) is 11.6 Å². The Kier molecular flexibility index (Phi) is 3.95. The van der Waals surface area contributed by atoms with E-state index in [9.17, 15) is 9.59 Å². The van der Waals surface area contributed by atoms with E-state index in [2.05, 4.69) is 10.3 Å². The molecule has 1 saturated carbocycles. The lowest BCUT2D eigenvalue weighted by Gasteiger charge is -2.12. The number of para-hydroxylation sites is 1. The van der Waals surface area contributed by atoms with Gasteiger partial charge in [0.15, 0.2) is 0 Å². The third kappa shape index (κ3) is 2.83. The van der Waals surface area contributed by atoms with E-state index in [0.717, 1.165) is 18.4 Å². The molecule has 6 nitrogen and oxygen atoms in total. The molecule has 0 radical (unpaired) electrons. The number of hydrogen-bond donors (Lipinski definition) is 1. The molecule has 4 rings (SSSR count). The van der Waals surface area contributed by atoms with Crippen LogP contribution in [0, 0.1) is 6.92 Å². The fourth-order valence-electron chi connectivity index (χ4n) is 2.97. The Labute approximate surface area is 150 Å². The fraction of sp³-hybridized carbons (Fsp3) is 0.250. The molecule has 2 aromatic carbocycles. The van der Waals surface area contributed by atoms with Crippen LogP contribution in [0.2, 0.25) is 0 Å². The summed E-state index contributed by atoms with van der Waals surface area (Å²) >= 11 is 0. The molecule has 0 bridgehead atoms. The van der Waals surface area contributed by atoms with Gasteiger partial charge in [0.2, 0.25) is 0 Å². The number of aromatic nitrogens is 2. The minimum atomic E-state index is -0.197. The van der Waals surface area contributed by atoms with Crippen molar-refractivity contribution in [1.29, 1.82) is 0 Å². The normalized spacial score (nSPS) is 13.6. The molecule has 0 unspecified atom stereocenters. The number of methoxy groups -OCH3 is 1. The van der Waals surface area contributed by atoms with Crippen LogP contribution in [0.3, 0.4) is 0 Å². The number of fused-ring (bicyclic) bond motifs is 1. The summed E-state index contributed by atoms with van der Waals surface area (Å²) in [5, 5.41) is 3.44. The summed E-state index contributed by atoms with van der Waals surface area (Å²) in [7, 11) is 1.55. The lowest BCUT2D eigenvalue weighted by Crippen LogP contribution is -2.26. The van der Waals surface area contributed by atoms with Gasteiger partial charge in [-0.05, 0) is 49.6 Å². The molecule has 0 atom stereocenters. The molecule has 0 saturated heterocycles. The molecular weight excluding hydrogens is 330 g/mol. The van der Waals surface area contributed by atoms with Gasteiger partial charge in [-0.2, -0.15) is 0 Å². The van der Waals surface area contributed by atoms with E-state index >= 15 is 0 Å². The van der Waals surface area contributed by atoms with E-state index in [1.165, 1.54) is 10.9 Å². The lowest BCUT2D eigenvalue weighted by atomic mass is 10.1. The van der Waals surface area contributed by atoms with Gasteiger partial charge in [-0.1, -0.05) is 12.1 Å². The number of benzene rings is 2. The first-order chi connectivity index (χ1) is 12.6. The number of aryl methyl sites for hydroxylation is 1. The van der Waals surface area contributed by atoms with Crippen molar-refractivity contribution in [3.63, 3.8) is 0 Å². The summed E-state index contributed by atoms with van der Waals surface area (Å²) in [6.45, 7) is 1.90. The van der Waals surface area contributed by atoms with Crippen LogP contribution >= 0.6 is 0 Å². The van der Waals surface area contributed by atoms with Gasteiger partial charge in [-0.3, -0.25) is 14.2 Å². The molecule has 1 aliphatic rings. The Morgan fingerprint density at radius 2 is 2.08 bits per heavy atom. The Hall–Kier alpha value is -3.15. The van der Waals surface area contributed by atoms with E-state index in [1.807, 2.05) is 13.0 Å². The zero-order valence-electron chi connectivity index (χ0n) is 14.7. The third-order valence-electron chi connectivity index (χ3n) is 4.61. The highest BCUT2D eigenvalue weighted by Gasteiger charge is 2.24. The Balaban J connectivity index is 1.83. The molecule has 1 aliphatic carbocycles. The van der Waals surface area contributed by atoms with Crippen molar-refractivity contribution in [2.45, 2.75) is 25.8 Å². The SMILES string of the molecule is COc1cccc2c(=O)n(-c3cc(C(=O)NC4CC4)ccc3C)cnc12. The third-order valence-corrected chi connectivity index (χ3v) is 4.61. The topological polar surface area (TPSA) is 73.2 Å². The quantitative estimate of drug-likeness (QED) is 0.786. The van der Waals surface area contributed by atoms with E-state index in [1.54, 1.807) is 37.4 Å². The smallest absolute Gasteiger partial charge is 0.265 e. The molecular formula is C20H19N3O3. The average Bonchev–Trinajstić information content (AvgIpc) is 3.46. The summed E-state index contributed by atoms with van der Waals surface area (Å²) in [5.41, 5.74) is 2.40. The second-order valence-electron chi connectivity index (χ2n) is 6.53. The Morgan fingerprint density at radius 3 is 2.81 bits per heavy atom. The van der Waals surface area contributed by atoms with Crippen LogP contribution in [0.25, 0.3) is 16.6 Å². The minimum absolute atomic E-state index is 0.114. The highest BCUT2D eigenvalue weighted by atomic mass is 16.5. The van der Waals surface area contributed by atoms with Gasteiger partial charge in [0.1, 0.15) is 17.6 Å². The van der Waals surface area contributed by atoms with Gasteiger partial charge >= 0.3 is 0 Å². The summed E-state index contributed by atoms with van der Waals surface area (Å²) < 4.78 is 6.76. The monoisotopic (exact) mass is 349 g/mol. The van der Waals surface area contributed by atoms with Gasteiger partial charge < -0.3 is 10.1 Å². The molecule has 0 aliphatic heterocycles. The van der Waals surface area contributed by atoms with Crippen LogP contribution in [0.4, 0.5) is 0 Å². The maximum Gasteiger partial charge on any atom is 0.265 e. The Morgan fingerprint density at radius 1 is 1.27 bits per heavy atom. The zero-order chi connectivity index (χ0) is 18.3. The van der Waals surface area contributed by atoms with Crippen LogP contribution in [-0.4, -0.2) is 28.6 Å². The number of carbonyl (C=O) groups is 1. The van der Waals surface area contributed by atoms with Crippen LogP contribution in [0.5, 0.6) is 5.75 Å². The molecule has 1 amide bonds. The van der Waals surface area contributed by atoms with Crippen LogP contribution in [0.15, 0.2) is 47.5 Å². The number of nitrogens with one attached hydrogen (secondary N) is 1. The van der Waals surface area contributed by atoms with E-state index in [0.29, 0.717) is 27.9 Å². The van der Waals surface area contributed by atoms with E-state index in [4.69, 9.17) is 4.74 Å². The first kappa shape index (κ1) is 16.3. The maximum atomic E-state index is 13.0. The van der Waals surface area contributed by atoms with Crippen molar-refractivity contribution in [2.24, 2.45) is 0 Å². The molecule has 6 heteroatoms. The molecule has 1 fully saturated rings. The largest absolute Gasteiger partial charge is 0.494 e. The molecule has 1 aromatic heterocycles. The number of rotatable bonds is 4. The van der Waals surface area contributed by atoms with Gasteiger partial charge in [0.05, 0.1) is 18.2 Å². The summed E-state index contributed by atoms with van der Waals surface area (Å²) in [6, 6.07) is 10.9. The highest BCUT2D eigenvalue weighted by molar-refractivity contribution is 5.95. The molecule has 3 aromatic rings. The van der Waals surface area contributed by atoms with Crippen molar-refractivity contribution in [2.75, 3.05) is 7.11 Å². The lowest BCUT2D eigenvalue weighted by molar-refractivity contribution is 0.0951. The number of carbonyl (C=O) groups excluding carboxylic acids is 1. The van der Waals surface area contributed by atoms with Gasteiger partial charge in [-0.25, -0.2) is 4.98 Å². The highest BCUT2D eigenvalue weighted by Crippen LogP contribution is 2.23. The molecule has 1 N–H and O–H groups in total. The van der Waals surface area contributed by atoms with Crippen molar-refractivity contribution in [3.05, 3.63) is 64.2 Å². The van der Waals surface area contributed by atoms with Crippen molar-refractivity contribution >= 4 is 16.8 Å². The standard InChI is InChI=1S/C20H19N3O3/c1-12-6-7-13(19(24)22-14-8-9-14)10-16(12)23-11-21-18-15(20(23)25)4-3-5-17(18)26-2/h3-7,10-11,14H,8-9H2,1-2H3,(H,22,24). The summed E-state index contributed by atoms with van der Waals surface area (Å²) in [5.74, 6) is 0.443. The zero-order valence-corrected chi connectivity index (χ0v) is 14.7. The van der Waals surface area contributed by atoms with Crippen molar-refractivity contribution in [3.8, 4) is 11.4 Å². The Bertz CT molecular complexity index is 1070. The molecule has 0 spiro atoms. The fourth-order valence-corrected chi connectivity index (χ4v) is 2.97. The van der Waals surface area contributed by atoms with Crippen LogP contribution < -0.4 is 15.6 Å². The number of ether oxygens (including phenoxy) is 1. The average molecular weight is 349 g/mol. The van der Waals surface area contributed by atoms with Crippen LogP contribution in [0.1, 0.15) is 28.8 Å². The predicted octanol–water partition coefficient (Wildman–Crippen LogP) is 2.59. The number of nitrogens with zero attached hydrogens (tertiary/aromatic N) is 2. The maximum absolute atomic E-state index is 13.0. The minimum Gasteiger partial charge on any atom is -0.494 e. The van der Waals surface area contributed by atoms with E-state index in [-0.39, 0.29) is 17.5 Å².